The molecule has 1 fully saturated rings. The summed E-state index contributed by atoms with van der Waals surface area (Å²) in [5.74, 6) is 0.225. The zero-order valence-corrected chi connectivity index (χ0v) is 14.7. The number of hydrogen-bond acceptors (Lipinski definition) is 4. The number of piperidine rings is 1. The van der Waals surface area contributed by atoms with Gasteiger partial charge in [0.05, 0.1) is 11.7 Å². The molecule has 0 spiro atoms. The van der Waals surface area contributed by atoms with Crippen molar-refractivity contribution in [2.45, 2.75) is 39.2 Å². The van der Waals surface area contributed by atoms with Crippen LogP contribution in [0.3, 0.4) is 0 Å². The van der Waals surface area contributed by atoms with Gasteiger partial charge in [-0.05, 0) is 50.6 Å². The molecule has 3 rings (SSSR count). The molecule has 1 atom stereocenters. The number of likely N-dealkylation sites (tertiary alicyclic amines) is 1. The van der Waals surface area contributed by atoms with Crippen LogP contribution < -0.4 is 5.32 Å². The molecule has 134 valence electrons. The lowest BCUT2D eigenvalue weighted by molar-refractivity contribution is 0.0895. The molecule has 1 amide bonds. The first-order chi connectivity index (χ1) is 12.0. The molecule has 1 unspecified atom stereocenters. The highest BCUT2D eigenvalue weighted by molar-refractivity contribution is 5.92. The minimum Gasteiger partial charge on any atom is -0.436 e. The van der Waals surface area contributed by atoms with Gasteiger partial charge in [0, 0.05) is 13.5 Å². The molecular weight excluding hydrogens is 321 g/mol. The zero-order chi connectivity index (χ0) is 17.8. The monoisotopic (exact) mass is 345 g/mol. The van der Waals surface area contributed by atoms with Gasteiger partial charge >= 0.3 is 0 Å². The number of carbonyl (C=O) groups excluding carboxylic acids is 1. The predicted octanol–water partition coefficient (Wildman–Crippen LogP) is 3.39. The Morgan fingerprint density at radius 1 is 1.24 bits per heavy atom. The molecule has 1 saturated heterocycles. The average Bonchev–Trinajstić information content (AvgIpc) is 2.96. The van der Waals surface area contributed by atoms with E-state index < -0.39 is 0 Å². The first-order valence-electron chi connectivity index (χ1n) is 8.76. The smallest absolute Gasteiger partial charge is 0.289 e. The Labute approximate surface area is 147 Å². The summed E-state index contributed by atoms with van der Waals surface area (Å²) in [7, 11) is 0. The number of rotatable bonds is 5. The van der Waals surface area contributed by atoms with Crippen LogP contribution >= 0.6 is 0 Å². The molecule has 1 aromatic carbocycles. The van der Waals surface area contributed by atoms with E-state index in [0.29, 0.717) is 18.1 Å². The minimum absolute atomic E-state index is 0.0224. The van der Waals surface area contributed by atoms with Gasteiger partial charge < -0.3 is 9.73 Å². The van der Waals surface area contributed by atoms with Gasteiger partial charge in [0.25, 0.3) is 5.91 Å². The van der Waals surface area contributed by atoms with Gasteiger partial charge in [-0.15, -0.1) is 0 Å². The maximum Gasteiger partial charge on any atom is 0.289 e. The van der Waals surface area contributed by atoms with Crippen LogP contribution in [0.4, 0.5) is 4.39 Å². The molecule has 2 aromatic rings. The lowest BCUT2D eigenvalue weighted by atomic mass is 10.0. The quantitative estimate of drug-likeness (QED) is 0.902. The molecular formula is C19H24FN3O2. The van der Waals surface area contributed by atoms with E-state index in [1.165, 1.54) is 18.6 Å². The SMILES string of the molecule is Cc1nc(C)c(C(=O)NCC(c2ccc(F)cc2)N2CCCCC2)o1. The topological polar surface area (TPSA) is 58.4 Å². The highest BCUT2D eigenvalue weighted by Crippen LogP contribution is 2.24. The summed E-state index contributed by atoms with van der Waals surface area (Å²) in [4.78, 5) is 18.9. The van der Waals surface area contributed by atoms with Crippen LogP contribution in [-0.4, -0.2) is 35.4 Å². The van der Waals surface area contributed by atoms with E-state index in [9.17, 15) is 9.18 Å². The Balaban J connectivity index is 1.74. The van der Waals surface area contributed by atoms with Crippen LogP contribution in [0, 0.1) is 19.7 Å². The lowest BCUT2D eigenvalue weighted by Crippen LogP contribution is -2.40. The van der Waals surface area contributed by atoms with Crippen molar-refractivity contribution in [3.8, 4) is 0 Å². The number of nitrogens with one attached hydrogen (secondary N) is 1. The van der Waals surface area contributed by atoms with Crippen LogP contribution in [0.1, 0.15) is 53.0 Å². The van der Waals surface area contributed by atoms with Crippen LogP contribution in [0.25, 0.3) is 0 Å². The average molecular weight is 345 g/mol. The van der Waals surface area contributed by atoms with Gasteiger partial charge in [-0.1, -0.05) is 18.6 Å². The summed E-state index contributed by atoms with van der Waals surface area (Å²) in [5, 5.41) is 2.96. The predicted molar refractivity (Wildman–Crippen MR) is 92.9 cm³/mol. The Morgan fingerprint density at radius 3 is 2.52 bits per heavy atom. The minimum atomic E-state index is -0.262. The third-order valence-corrected chi connectivity index (χ3v) is 4.65. The maximum absolute atomic E-state index is 13.3. The van der Waals surface area contributed by atoms with Crippen molar-refractivity contribution in [1.29, 1.82) is 0 Å². The largest absolute Gasteiger partial charge is 0.436 e. The third kappa shape index (κ3) is 4.25. The van der Waals surface area contributed by atoms with Crippen molar-refractivity contribution in [2.75, 3.05) is 19.6 Å². The molecule has 25 heavy (non-hydrogen) atoms. The molecule has 1 aliphatic rings. The third-order valence-electron chi connectivity index (χ3n) is 4.65. The molecule has 0 radical (unpaired) electrons. The number of halogens is 1. The lowest BCUT2D eigenvalue weighted by Gasteiger charge is -2.35. The molecule has 1 aromatic heterocycles. The standard InChI is InChI=1S/C19H24FN3O2/c1-13-18(25-14(2)22-13)19(24)21-12-17(23-10-4-3-5-11-23)15-6-8-16(20)9-7-15/h6-9,17H,3-5,10-12H2,1-2H3,(H,21,24). The van der Waals surface area contributed by atoms with Crippen LogP contribution in [0.2, 0.25) is 0 Å². The fourth-order valence-corrected chi connectivity index (χ4v) is 3.38. The summed E-state index contributed by atoms with van der Waals surface area (Å²) in [5.41, 5.74) is 1.60. The van der Waals surface area contributed by atoms with Crippen molar-refractivity contribution in [3.63, 3.8) is 0 Å². The number of benzene rings is 1. The molecule has 5 nitrogen and oxygen atoms in total. The second-order valence-electron chi connectivity index (χ2n) is 6.52. The van der Waals surface area contributed by atoms with Crippen molar-refractivity contribution >= 4 is 5.91 Å². The fraction of sp³-hybridized carbons (Fsp3) is 0.474. The van der Waals surface area contributed by atoms with E-state index in [-0.39, 0.29) is 23.5 Å². The number of carbonyl (C=O) groups is 1. The van der Waals surface area contributed by atoms with Crippen LogP contribution in [-0.2, 0) is 0 Å². The van der Waals surface area contributed by atoms with Crippen LogP contribution in [0.5, 0.6) is 0 Å². The highest BCUT2D eigenvalue weighted by Gasteiger charge is 2.24. The Hall–Kier alpha value is -2.21. The van der Waals surface area contributed by atoms with Crippen molar-refractivity contribution < 1.29 is 13.6 Å². The number of nitrogens with zero attached hydrogens (tertiary/aromatic N) is 2. The second kappa shape index (κ2) is 7.78. The first-order valence-corrected chi connectivity index (χ1v) is 8.76. The molecule has 1 aliphatic heterocycles. The summed E-state index contributed by atoms with van der Waals surface area (Å²) in [6.07, 6.45) is 3.52. The number of hydrogen-bond donors (Lipinski definition) is 1. The second-order valence-corrected chi connectivity index (χ2v) is 6.52. The number of amides is 1. The van der Waals surface area contributed by atoms with E-state index in [2.05, 4.69) is 15.2 Å². The van der Waals surface area contributed by atoms with Gasteiger partial charge in [-0.25, -0.2) is 9.37 Å². The number of aromatic nitrogens is 1. The number of oxazole rings is 1. The highest BCUT2D eigenvalue weighted by atomic mass is 19.1. The van der Waals surface area contributed by atoms with Gasteiger partial charge in [0.15, 0.2) is 5.89 Å². The Morgan fingerprint density at radius 2 is 1.92 bits per heavy atom. The molecule has 0 aliphatic carbocycles. The van der Waals surface area contributed by atoms with Crippen LogP contribution in [0.15, 0.2) is 28.7 Å². The van der Waals surface area contributed by atoms with E-state index in [1.807, 2.05) is 0 Å². The molecule has 0 saturated carbocycles. The summed E-state index contributed by atoms with van der Waals surface area (Å²) >= 11 is 0. The normalized spacial score (nSPS) is 16.6. The van der Waals surface area contributed by atoms with Gasteiger partial charge in [-0.2, -0.15) is 0 Å². The van der Waals surface area contributed by atoms with E-state index >= 15 is 0 Å². The molecule has 1 N–H and O–H groups in total. The fourth-order valence-electron chi connectivity index (χ4n) is 3.38. The molecule has 0 bridgehead atoms. The van der Waals surface area contributed by atoms with E-state index in [1.54, 1.807) is 26.0 Å². The molecule has 2 heterocycles. The Kier molecular flexibility index (Phi) is 5.48. The van der Waals surface area contributed by atoms with E-state index in [4.69, 9.17) is 4.42 Å². The summed E-state index contributed by atoms with van der Waals surface area (Å²) < 4.78 is 18.7. The maximum atomic E-state index is 13.3. The Bertz CT molecular complexity index is 721. The van der Waals surface area contributed by atoms with Gasteiger partial charge in [0.1, 0.15) is 5.82 Å². The van der Waals surface area contributed by atoms with Gasteiger partial charge in [0.2, 0.25) is 5.76 Å². The van der Waals surface area contributed by atoms with Crippen molar-refractivity contribution in [1.82, 2.24) is 15.2 Å². The number of aryl methyl sites for hydroxylation is 2. The summed E-state index contributed by atoms with van der Waals surface area (Å²) in [6, 6.07) is 6.56. The zero-order valence-electron chi connectivity index (χ0n) is 14.7. The van der Waals surface area contributed by atoms with Crippen molar-refractivity contribution in [2.24, 2.45) is 0 Å². The van der Waals surface area contributed by atoms with E-state index in [0.717, 1.165) is 31.5 Å². The van der Waals surface area contributed by atoms with Crippen molar-refractivity contribution in [3.05, 3.63) is 53.0 Å². The summed E-state index contributed by atoms with van der Waals surface area (Å²) in [6.45, 7) is 5.90. The first kappa shape index (κ1) is 17.6. The van der Waals surface area contributed by atoms with Gasteiger partial charge in [-0.3, -0.25) is 9.69 Å². The molecule has 6 heteroatoms.